The number of benzene rings is 1. The first-order chi connectivity index (χ1) is 13.6. The molecule has 4 aromatic rings. The van der Waals surface area contributed by atoms with E-state index in [1.807, 2.05) is 38.1 Å². The highest BCUT2D eigenvalue weighted by atomic mass is 16.3. The summed E-state index contributed by atoms with van der Waals surface area (Å²) in [5.41, 5.74) is 4.02. The van der Waals surface area contributed by atoms with Gasteiger partial charge in [-0.15, -0.1) is 0 Å². The monoisotopic (exact) mass is 373 g/mol. The van der Waals surface area contributed by atoms with Gasteiger partial charge in [0, 0.05) is 35.2 Å². The van der Waals surface area contributed by atoms with Crippen molar-refractivity contribution in [3.8, 4) is 22.7 Å². The zero-order valence-corrected chi connectivity index (χ0v) is 15.6. The first kappa shape index (κ1) is 17.8. The molecule has 140 valence electrons. The number of hydrogen-bond donors (Lipinski definition) is 1. The molecule has 0 radical (unpaired) electrons. The van der Waals surface area contributed by atoms with Gasteiger partial charge in [0.1, 0.15) is 18.4 Å². The van der Waals surface area contributed by atoms with E-state index in [-0.39, 0.29) is 11.7 Å². The summed E-state index contributed by atoms with van der Waals surface area (Å²) in [5.74, 6) is 1.09. The normalized spacial score (nSPS) is 12.1. The van der Waals surface area contributed by atoms with E-state index >= 15 is 0 Å². The van der Waals surface area contributed by atoms with Gasteiger partial charge in [-0.3, -0.25) is 14.9 Å². The van der Waals surface area contributed by atoms with Crippen molar-refractivity contribution in [2.75, 3.05) is 0 Å². The number of Topliss-reactive ketones (excluding diaryl/α,β-unsaturated/α-hetero) is 1. The minimum atomic E-state index is -0.0682. The van der Waals surface area contributed by atoms with Gasteiger partial charge in [0.15, 0.2) is 5.78 Å². The lowest BCUT2D eigenvalue weighted by Crippen LogP contribution is -2.07. The third kappa shape index (κ3) is 3.73. The highest BCUT2D eigenvalue weighted by Gasteiger charge is 2.18. The van der Waals surface area contributed by atoms with Crippen LogP contribution in [0.2, 0.25) is 0 Å². The summed E-state index contributed by atoms with van der Waals surface area (Å²) in [6.07, 6.45) is 6.66. The first-order valence-electron chi connectivity index (χ1n) is 8.96. The van der Waals surface area contributed by atoms with Gasteiger partial charge in [-0.05, 0) is 36.8 Å². The van der Waals surface area contributed by atoms with Crippen LogP contribution < -0.4 is 0 Å². The zero-order valence-electron chi connectivity index (χ0n) is 15.6. The fourth-order valence-electron chi connectivity index (χ4n) is 3.01. The molecule has 0 unspecified atom stereocenters. The molecule has 0 aliphatic carbocycles. The number of H-pyrrole nitrogens is 1. The molecule has 28 heavy (non-hydrogen) atoms. The van der Waals surface area contributed by atoms with Crippen LogP contribution in [-0.4, -0.2) is 30.9 Å². The van der Waals surface area contributed by atoms with Crippen molar-refractivity contribution in [1.29, 1.82) is 0 Å². The van der Waals surface area contributed by atoms with Crippen molar-refractivity contribution < 1.29 is 9.21 Å². The smallest absolute Gasteiger partial charge is 0.225 e. The highest BCUT2D eigenvalue weighted by Crippen LogP contribution is 2.28. The average Bonchev–Trinajstić information content (AvgIpc) is 3.42. The van der Waals surface area contributed by atoms with Crippen LogP contribution in [0.25, 0.3) is 22.7 Å². The number of pyridine rings is 1. The molecule has 0 spiro atoms. The minimum Gasteiger partial charge on any atom is -0.445 e. The number of ketones is 1. The molecule has 0 aliphatic rings. The van der Waals surface area contributed by atoms with Gasteiger partial charge in [-0.2, -0.15) is 5.10 Å². The molecule has 1 N–H and O–H groups in total. The number of aromatic amines is 1. The Kier molecular flexibility index (Phi) is 4.80. The Balaban J connectivity index is 1.71. The summed E-state index contributed by atoms with van der Waals surface area (Å²) in [6, 6.07) is 9.53. The van der Waals surface area contributed by atoms with Gasteiger partial charge in [-0.25, -0.2) is 9.97 Å². The number of aromatic nitrogens is 5. The van der Waals surface area contributed by atoms with Crippen LogP contribution in [0.4, 0.5) is 0 Å². The van der Waals surface area contributed by atoms with Crippen molar-refractivity contribution in [2.24, 2.45) is 0 Å². The average molecular weight is 373 g/mol. The molecule has 1 aromatic carbocycles. The second kappa shape index (κ2) is 7.56. The fraction of sp³-hybridized carbons (Fsp3) is 0.190. The Morgan fingerprint density at radius 2 is 2.00 bits per heavy atom. The maximum absolute atomic E-state index is 13.0. The quantitative estimate of drug-likeness (QED) is 0.509. The summed E-state index contributed by atoms with van der Waals surface area (Å²) in [7, 11) is 0. The largest absolute Gasteiger partial charge is 0.445 e. The Morgan fingerprint density at radius 3 is 2.68 bits per heavy atom. The van der Waals surface area contributed by atoms with Crippen LogP contribution in [0.5, 0.6) is 0 Å². The number of nitrogens with one attached hydrogen (secondary N) is 1. The number of rotatable bonds is 6. The van der Waals surface area contributed by atoms with E-state index in [1.54, 1.807) is 18.5 Å². The van der Waals surface area contributed by atoms with E-state index in [9.17, 15) is 4.79 Å². The Morgan fingerprint density at radius 1 is 1.14 bits per heavy atom. The number of aryl methyl sites for hydroxylation is 1. The van der Waals surface area contributed by atoms with Gasteiger partial charge in [0.25, 0.3) is 0 Å². The predicted octanol–water partition coefficient (Wildman–Crippen LogP) is 4.21. The molecule has 0 bridgehead atoms. The summed E-state index contributed by atoms with van der Waals surface area (Å²) < 4.78 is 5.44. The maximum Gasteiger partial charge on any atom is 0.225 e. The molecule has 0 aliphatic heterocycles. The van der Waals surface area contributed by atoms with Gasteiger partial charge in [-0.1, -0.05) is 13.0 Å². The van der Waals surface area contributed by atoms with E-state index < -0.39 is 0 Å². The third-order valence-electron chi connectivity index (χ3n) is 4.53. The van der Waals surface area contributed by atoms with E-state index in [0.717, 1.165) is 22.4 Å². The summed E-state index contributed by atoms with van der Waals surface area (Å²) in [5, 5.41) is 6.68. The summed E-state index contributed by atoms with van der Waals surface area (Å²) >= 11 is 0. The van der Waals surface area contributed by atoms with Gasteiger partial charge in [0.2, 0.25) is 5.89 Å². The van der Waals surface area contributed by atoms with Crippen molar-refractivity contribution in [2.45, 2.75) is 26.2 Å². The molecule has 4 rings (SSSR count). The van der Waals surface area contributed by atoms with Crippen LogP contribution in [0.1, 0.15) is 41.0 Å². The minimum absolute atomic E-state index is 0.00525. The molecule has 0 saturated heterocycles. The maximum atomic E-state index is 13.0. The molecular formula is C21H19N5O2. The van der Waals surface area contributed by atoms with Gasteiger partial charge < -0.3 is 4.42 Å². The van der Waals surface area contributed by atoms with Crippen LogP contribution in [-0.2, 0) is 0 Å². The van der Waals surface area contributed by atoms with E-state index in [2.05, 4.69) is 25.1 Å². The lowest BCUT2D eigenvalue weighted by atomic mass is 9.95. The SMILES string of the molecule is Cc1ccc(-c2cc(C(=O)C[C@H](C)c3ncn[nH]3)cc(-c3ncco3)c2)nc1. The van der Waals surface area contributed by atoms with Crippen LogP contribution in [0.15, 0.2) is 59.7 Å². The van der Waals surface area contributed by atoms with E-state index in [4.69, 9.17) is 4.42 Å². The topological polar surface area (TPSA) is 97.6 Å². The van der Waals surface area contributed by atoms with Crippen molar-refractivity contribution in [1.82, 2.24) is 25.1 Å². The number of carbonyl (C=O) groups is 1. The molecule has 7 nitrogen and oxygen atoms in total. The Hall–Kier alpha value is -3.61. The second-order valence-corrected chi connectivity index (χ2v) is 6.76. The molecule has 1 atom stereocenters. The lowest BCUT2D eigenvalue weighted by Gasteiger charge is -2.10. The summed E-state index contributed by atoms with van der Waals surface area (Å²) in [4.78, 5) is 25.8. The predicted molar refractivity (Wildman–Crippen MR) is 104 cm³/mol. The van der Waals surface area contributed by atoms with Crippen LogP contribution in [0, 0.1) is 6.92 Å². The number of hydrogen-bond acceptors (Lipinski definition) is 6. The van der Waals surface area contributed by atoms with Gasteiger partial charge >= 0.3 is 0 Å². The van der Waals surface area contributed by atoms with Crippen molar-refractivity contribution >= 4 is 5.78 Å². The molecule has 3 heterocycles. The molecule has 7 heteroatoms. The van der Waals surface area contributed by atoms with Crippen LogP contribution in [0.3, 0.4) is 0 Å². The van der Waals surface area contributed by atoms with E-state index in [1.165, 1.54) is 12.6 Å². The van der Waals surface area contributed by atoms with Crippen LogP contribution >= 0.6 is 0 Å². The lowest BCUT2D eigenvalue weighted by molar-refractivity contribution is 0.0974. The Bertz CT molecular complexity index is 1070. The van der Waals surface area contributed by atoms with Gasteiger partial charge in [0.05, 0.1) is 11.9 Å². The van der Waals surface area contributed by atoms with E-state index in [0.29, 0.717) is 23.7 Å². The molecule has 0 saturated carbocycles. The molecule has 0 fully saturated rings. The molecule has 3 aromatic heterocycles. The number of carbonyl (C=O) groups excluding carboxylic acids is 1. The molecule has 0 amide bonds. The standard InChI is InChI=1S/C21H19N5O2/c1-13-3-4-18(23-11-13)15-8-16(10-17(9-15)21-22-5-6-28-21)19(27)7-14(2)20-24-12-25-26-20/h3-6,8-12,14H,7H2,1-2H3,(H,24,25,26)/t14-/m0/s1. The van der Waals surface area contributed by atoms with Crippen molar-refractivity contribution in [3.63, 3.8) is 0 Å². The zero-order chi connectivity index (χ0) is 19.5. The number of nitrogens with zero attached hydrogens (tertiary/aromatic N) is 4. The Labute approximate surface area is 161 Å². The first-order valence-corrected chi connectivity index (χ1v) is 8.96. The summed E-state index contributed by atoms with van der Waals surface area (Å²) in [6.45, 7) is 3.93. The molecular weight excluding hydrogens is 354 g/mol. The number of oxazole rings is 1. The second-order valence-electron chi connectivity index (χ2n) is 6.76. The fourth-order valence-corrected chi connectivity index (χ4v) is 3.01. The van der Waals surface area contributed by atoms with Crippen molar-refractivity contribution in [3.05, 3.63) is 72.3 Å². The third-order valence-corrected chi connectivity index (χ3v) is 4.53. The highest BCUT2D eigenvalue weighted by molar-refractivity contribution is 5.98.